The van der Waals surface area contributed by atoms with Gasteiger partial charge in [-0.2, -0.15) is 5.10 Å². The molecule has 1 atom stereocenters. The molecule has 1 aromatic rings. The summed E-state index contributed by atoms with van der Waals surface area (Å²) in [5.41, 5.74) is 0. The molecule has 0 aliphatic heterocycles. The van der Waals surface area contributed by atoms with Gasteiger partial charge >= 0.3 is 0 Å². The lowest BCUT2D eigenvalue weighted by Crippen LogP contribution is -2.32. The minimum absolute atomic E-state index is 0.138. The summed E-state index contributed by atoms with van der Waals surface area (Å²) >= 11 is 5.50. The number of rotatable bonds is 5. The second-order valence-electron chi connectivity index (χ2n) is 2.93. The van der Waals surface area contributed by atoms with Gasteiger partial charge in [-0.3, -0.25) is 5.10 Å². The molecule has 14 heavy (non-hydrogen) atoms. The van der Waals surface area contributed by atoms with E-state index in [-0.39, 0.29) is 10.9 Å². The lowest BCUT2D eigenvalue weighted by molar-refractivity contribution is 0.557. The van der Waals surface area contributed by atoms with E-state index in [0.29, 0.717) is 12.3 Å². The van der Waals surface area contributed by atoms with E-state index in [1.54, 1.807) is 6.92 Å². The molecule has 0 bridgehead atoms. The second kappa shape index (κ2) is 4.77. The van der Waals surface area contributed by atoms with Crippen molar-refractivity contribution in [1.29, 1.82) is 0 Å². The predicted molar refractivity (Wildman–Crippen MR) is 53.7 cm³/mol. The zero-order chi connectivity index (χ0) is 10.6. The van der Waals surface area contributed by atoms with Gasteiger partial charge in [0, 0.05) is 18.1 Å². The third kappa shape index (κ3) is 2.97. The van der Waals surface area contributed by atoms with Crippen LogP contribution in [0.5, 0.6) is 0 Å². The van der Waals surface area contributed by atoms with E-state index in [1.807, 2.05) is 0 Å². The number of H-pyrrole nitrogens is 1. The van der Waals surface area contributed by atoms with Crippen LogP contribution in [0.2, 0.25) is 0 Å². The van der Waals surface area contributed by atoms with Crippen LogP contribution in [0.1, 0.15) is 13.3 Å². The highest BCUT2D eigenvalue weighted by Gasteiger charge is 2.17. The summed E-state index contributed by atoms with van der Waals surface area (Å²) in [4.78, 5) is 0.138. The molecule has 1 unspecified atom stereocenters. The van der Waals surface area contributed by atoms with Gasteiger partial charge in [0.2, 0.25) is 10.0 Å². The Labute approximate surface area is 87.9 Å². The number of hydrogen-bond donors (Lipinski definition) is 2. The fourth-order valence-electron chi connectivity index (χ4n) is 0.941. The van der Waals surface area contributed by atoms with E-state index in [9.17, 15) is 8.42 Å². The van der Waals surface area contributed by atoms with Crippen molar-refractivity contribution < 1.29 is 8.42 Å². The molecule has 0 saturated heterocycles. The molecule has 7 heteroatoms. The number of nitrogens with zero attached hydrogens (tertiary/aromatic N) is 1. The van der Waals surface area contributed by atoms with E-state index in [2.05, 4.69) is 14.9 Å². The summed E-state index contributed by atoms with van der Waals surface area (Å²) in [6.07, 6.45) is 3.18. The van der Waals surface area contributed by atoms with Crippen LogP contribution in [0.4, 0.5) is 0 Å². The van der Waals surface area contributed by atoms with Crippen molar-refractivity contribution in [3.8, 4) is 0 Å². The maximum atomic E-state index is 11.6. The molecule has 0 fully saturated rings. The summed E-state index contributed by atoms with van der Waals surface area (Å²) in [7, 11) is -3.44. The number of sulfonamides is 1. The number of aromatic nitrogens is 2. The Kier molecular flexibility index (Phi) is 3.91. The SMILES string of the molecule is CC(CCCl)NS(=O)(=O)c1cn[nH]c1. The van der Waals surface area contributed by atoms with Gasteiger partial charge < -0.3 is 0 Å². The van der Waals surface area contributed by atoms with Crippen molar-refractivity contribution in [2.75, 3.05) is 5.88 Å². The smallest absolute Gasteiger partial charge is 0.243 e. The zero-order valence-electron chi connectivity index (χ0n) is 7.70. The van der Waals surface area contributed by atoms with Gasteiger partial charge in [-0.1, -0.05) is 0 Å². The Morgan fingerprint density at radius 3 is 2.93 bits per heavy atom. The van der Waals surface area contributed by atoms with Crippen LogP contribution >= 0.6 is 11.6 Å². The van der Waals surface area contributed by atoms with Gasteiger partial charge in [0.1, 0.15) is 4.90 Å². The largest absolute Gasteiger partial charge is 0.284 e. The summed E-state index contributed by atoms with van der Waals surface area (Å²) < 4.78 is 25.6. The molecule has 80 valence electrons. The summed E-state index contributed by atoms with van der Waals surface area (Å²) in [5.74, 6) is 0.426. The van der Waals surface area contributed by atoms with E-state index < -0.39 is 10.0 Å². The third-order valence-electron chi connectivity index (χ3n) is 1.68. The van der Waals surface area contributed by atoms with Crippen molar-refractivity contribution in [1.82, 2.24) is 14.9 Å². The number of alkyl halides is 1. The highest BCUT2D eigenvalue weighted by Crippen LogP contribution is 2.06. The first-order valence-corrected chi connectivity index (χ1v) is 6.15. The Bertz CT molecular complexity index is 362. The van der Waals surface area contributed by atoms with Gasteiger partial charge in [0.15, 0.2) is 0 Å². The average molecular weight is 238 g/mol. The number of nitrogens with one attached hydrogen (secondary N) is 2. The Morgan fingerprint density at radius 2 is 2.43 bits per heavy atom. The van der Waals surface area contributed by atoms with Crippen LogP contribution in [-0.2, 0) is 10.0 Å². The van der Waals surface area contributed by atoms with Crippen molar-refractivity contribution in [2.24, 2.45) is 0 Å². The fourth-order valence-corrected chi connectivity index (χ4v) is 2.45. The van der Waals surface area contributed by atoms with E-state index in [4.69, 9.17) is 11.6 Å². The molecular formula is C7H12ClN3O2S. The highest BCUT2D eigenvalue weighted by atomic mass is 35.5. The van der Waals surface area contributed by atoms with Crippen LogP contribution in [0.3, 0.4) is 0 Å². The van der Waals surface area contributed by atoms with Gasteiger partial charge in [0.05, 0.1) is 6.20 Å². The second-order valence-corrected chi connectivity index (χ2v) is 5.03. The fraction of sp³-hybridized carbons (Fsp3) is 0.571. The van der Waals surface area contributed by atoms with Crippen LogP contribution < -0.4 is 4.72 Å². The summed E-state index contributed by atoms with van der Waals surface area (Å²) in [6.45, 7) is 1.76. The molecule has 1 heterocycles. The molecule has 0 aliphatic rings. The molecule has 1 aromatic heterocycles. The Morgan fingerprint density at radius 1 is 1.71 bits per heavy atom. The van der Waals surface area contributed by atoms with Gasteiger partial charge in [-0.05, 0) is 13.3 Å². The number of aromatic amines is 1. The van der Waals surface area contributed by atoms with Gasteiger partial charge in [0.25, 0.3) is 0 Å². The maximum absolute atomic E-state index is 11.6. The van der Waals surface area contributed by atoms with E-state index >= 15 is 0 Å². The molecule has 0 radical (unpaired) electrons. The summed E-state index contributed by atoms with van der Waals surface area (Å²) in [6, 6.07) is -0.174. The third-order valence-corrected chi connectivity index (χ3v) is 3.46. The first kappa shape index (κ1) is 11.5. The molecule has 0 aromatic carbocycles. The van der Waals surface area contributed by atoms with Crippen molar-refractivity contribution in [3.05, 3.63) is 12.4 Å². The number of hydrogen-bond acceptors (Lipinski definition) is 3. The first-order chi connectivity index (χ1) is 6.56. The van der Waals surface area contributed by atoms with Gasteiger partial charge in [-0.15, -0.1) is 11.6 Å². The maximum Gasteiger partial charge on any atom is 0.243 e. The standard InChI is InChI=1S/C7H12ClN3O2S/c1-6(2-3-8)11-14(12,13)7-4-9-10-5-7/h4-6,11H,2-3H2,1H3,(H,9,10). The minimum atomic E-state index is -3.44. The predicted octanol–water partition coefficient (Wildman–Crippen LogP) is 0.705. The van der Waals surface area contributed by atoms with Crippen LogP contribution in [0.15, 0.2) is 17.3 Å². The molecule has 0 aliphatic carbocycles. The minimum Gasteiger partial charge on any atom is -0.284 e. The monoisotopic (exact) mass is 237 g/mol. The Balaban J connectivity index is 2.68. The van der Waals surface area contributed by atoms with Crippen LogP contribution in [0, 0.1) is 0 Å². The molecular weight excluding hydrogens is 226 g/mol. The van der Waals surface area contributed by atoms with E-state index in [0.717, 1.165) is 0 Å². The Hall–Kier alpha value is -0.590. The van der Waals surface area contributed by atoms with Crippen LogP contribution in [0.25, 0.3) is 0 Å². The van der Waals surface area contributed by atoms with E-state index in [1.165, 1.54) is 12.4 Å². The average Bonchev–Trinajstić information content (AvgIpc) is 2.54. The van der Waals surface area contributed by atoms with Crippen molar-refractivity contribution >= 4 is 21.6 Å². The summed E-state index contributed by atoms with van der Waals surface area (Å²) in [5, 5.41) is 6.02. The molecule has 2 N–H and O–H groups in total. The molecule has 1 rings (SSSR count). The highest BCUT2D eigenvalue weighted by molar-refractivity contribution is 7.89. The molecule has 5 nitrogen and oxygen atoms in total. The topological polar surface area (TPSA) is 74.8 Å². The number of halogens is 1. The normalized spacial score (nSPS) is 14.1. The van der Waals surface area contributed by atoms with Crippen molar-refractivity contribution in [2.45, 2.75) is 24.3 Å². The lowest BCUT2D eigenvalue weighted by atomic mass is 10.3. The first-order valence-electron chi connectivity index (χ1n) is 4.13. The van der Waals surface area contributed by atoms with Crippen LogP contribution in [-0.4, -0.2) is 30.5 Å². The van der Waals surface area contributed by atoms with Gasteiger partial charge in [-0.25, -0.2) is 13.1 Å². The molecule has 0 saturated carbocycles. The lowest BCUT2D eigenvalue weighted by Gasteiger charge is -2.10. The molecule has 0 spiro atoms. The zero-order valence-corrected chi connectivity index (χ0v) is 9.27. The molecule has 0 amide bonds. The van der Waals surface area contributed by atoms with Crippen molar-refractivity contribution in [3.63, 3.8) is 0 Å². The quantitative estimate of drug-likeness (QED) is 0.741.